The molecule has 0 saturated carbocycles. The van der Waals surface area contributed by atoms with Crippen molar-refractivity contribution in [2.24, 2.45) is 0 Å². The van der Waals surface area contributed by atoms with Gasteiger partial charge >= 0.3 is 0 Å². The molecule has 0 fully saturated rings. The third kappa shape index (κ3) is 3.29. The van der Waals surface area contributed by atoms with E-state index in [1.54, 1.807) is 0 Å². The average Bonchev–Trinajstić information content (AvgIpc) is 3.49. The minimum atomic E-state index is -0.0457. The molecular formula is C38H30N2. The second-order valence-electron chi connectivity index (χ2n) is 11.9. The van der Waals surface area contributed by atoms with Crippen molar-refractivity contribution < 1.29 is 0 Å². The van der Waals surface area contributed by atoms with Gasteiger partial charge in [0, 0.05) is 32.9 Å². The number of aromatic nitrogens is 1. The molecule has 6 aromatic carbocycles. The quantitative estimate of drug-likeness (QED) is 0.227. The Morgan fingerprint density at radius 1 is 0.500 bits per heavy atom. The molecule has 8 rings (SSSR count). The first-order chi connectivity index (χ1) is 19.5. The zero-order chi connectivity index (χ0) is 27.0. The summed E-state index contributed by atoms with van der Waals surface area (Å²) < 4.78 is 2.45. The van der Waals surface area contributed by atoms with Gasteiger partial charge < -0.3 is 9.30 Å². The van der Waals surface area contributed by atoms with Crippen molar-refractivity contribution in [2.45, 2.75) is 26.2 Å². The van der Waals surface area contributed by atoms with Crippen molar-refractivity contribution in [1.29, 1.82) is 0 Å². The molecule has 0 N–H and O–H groups in total. The summed E-state index contributed by atoms with van der Waals surface area (Å²) in [7, 11) is 0. The van der Waals surface area contributed by atoms with E-state index in [1.807, 2.05) is 0 Å². The highest BCUT2D eigenvalue weighted by Gasteiger charge is 2.26. The van der Waals surface area contributed by atoms with E-state index < -0.39 is 0 Å². The van der Waals surface area contributed by atoms with Crippen LogP contribution in [0.1, 0.15) is 26.3 Å². The molecule has 0 atom stereocenters. The van der Waals surface area contributed by atoms with Gasteiger partial charge in [-0.3, -0.25) is 0 Å². The largest absolute Gasteiger partial charge is 0.310 e. The lowest BCUT2D eigenvalue weighted by Crippen LogP contribution is -2.19. The van der Waals surface area contributed by atoms with Crippen LogP contribution in [-0.2, 0) is 5.41 Å². The molecule has 0 bridgehead atoms. The van der Waals surface area contributed by atoms with Gasteiger partial charge in [-0.1, -0.05) is 99.6 Å². The fourth-order valence-electron chi connectivity index (χ4n) is 6.58. The van der Waals surface area contributed by atoms with E-state index in [0.29, 0.717) is 0 Å². The number of nitrogens with zero attached hydrogens (tertiary/aromatic N) is 2. The standard InChI is InChI=1S/C38H30N2/c1-38(2,3)33-21-25-13-7-8-14-26(25)22-36(33)39(27-15-5-4-6-16-27)28-23-31-29-17-9-11-19-34(29)40-35-20-12-10-18-30(35)32(24-28)37(31)40/h4-24H,1-3H3. The van der Waals surface area contributed by atoms with Gasteiger partial charge in [-0.05, 0) is 70.3 Å². The van der Waals surface area contributed by atoms with E-state index in [9.17, 15) is 0 Å². The van der Waals surface area contributed by atoms with E-state index in [2.05, 4.69) is 157 Å². The zero-order valence-corrected chi connectivity index (χ0v) is 23.0. The number of benzene rings is 6. The predicted octanol–water partition coefficient (Wildman–Crippen LogP) is 10.8. The number of para-hydroxylation sites is 3. The predicted molar refractivity (Wildman–Crippen MR) is 172 cm³/mol. The Kier molecular flexibility index (Phi) is 4.82. The topological polar surface area (TPSA) is 7.65 Å². The van der Waals surface area contributed by atoms with E-state index in [4.69, 9.17) is 0 Å². The smallest absolute Gasteiger partial charge is 0.0622 e. The van der Waals surface area contributed by atoms with E-state index >= 15 is 0 Å². The molecule has 0 radical (unpaired) electrons. The zero-order valence-electron chi connectivity index (χ0n) is 23.0. The lowest BCUT2D eigenvalue weighted by molar-refractivity contribution is 0.592. The normalized spacial score (nSPS) is 12.4. The summed E-state index contributed by atoms with van der Waals surface area (Å²) in [5, 5.41) is 7.68. The van der Waals surface area contributed by atoms with Crippen molar-refractivity contribution in [3.05, 3.63) is 133 Å². The third-order valence-corrected chi connectivity index (χ3v) is 8.37. The summed E-state index contributed by atoms with van der Waals surface area (Å²) in [6.07, 6.45) is 0. The van der Waals surface area contributed by atoms with Crippen LogP contribution in [0.5, 0.6) is 0 Å². The maximum atomic E-state index is 2.47. The van der Waals surface area contributed by atoms with Crippen LogP contribution in [0.2, 0.25) is 0 Å². The molecule has 0 aliphatic carbocycles. The Morgan fingerprint density at radius 3 is 1.62 bits per heavy atom. The Bertz CT molecular complexity index is 2110. The summed E-state index contributed by atoms with van der Waals surface area (Å²) in [6, 6.07) is 46.7. The summed E-state index contributed by atoms with van der Waals surface area (Å²) in [6.45, 7) is 6.95. The highest BCUT2D eigenvalue weighted by Crippen LogP contribution is 2.47. The van der Waals surface area contributed by atoms with Crippen LogP contribution in [0.4, 0.5) is 17.1 Å². The number of fused-ring (bicyclic) bond motifs is 7. The van der Waals surface area contributed by atoms with Gasteiger partial charge in [-0.15, -0.1) is 0 Å². The van der Waals surface area contributed by atoms with Crippen LogP contribution in [0.3, 0.4) is 0 Å². The van der Waals surface area contributed by atoms with Crippen LogP contribution in [-0.4, -0.2) is 4.40 Å². The van der Waals surface area contributed by atoms with Crippen LogP contribution in [0, 0.1) is 0 Å². The van der Waals surface area contributed by atoms with Crippen LogP contribution in [0.25, 0.3) is 48.9 Å². The fourth-order valence-corrected chi connectivity index (χ4v) is 6.58. The first-order valence-corrected chi connectivity index (χ1v) is 14.0. The van der Waals surface area contributed by atoms with Crippen molar-refractivity contribution in [1.82, 2.24) is 4.40 Å². The van der Waals surface area contributed by atoms with Gasteiger partial charge in [0.1, 0.15) is 0 Å². The first-order valence-electron chi connectivity index (χ1n) is 14.0. The summed E-state index contributed by atoms with van der Waals surface area (Å²) in [5.74, 6) is 0. The number of hydrogen-bond donors (Lipinski definition) is 0. The lowest BCUT2D eigenvalue weighted by Gasteiger charge is -2.32. The lowest BCUT2D eigenvalue weighted by atomic mass is 9.83. The fraction of sp³-hybridized carbons (Fsp3) is 0.105. The maximum absolute atomic E-state index is 2.47. The molecule has 8 aromatic rings. The average molecular weight is 515 g/mol. The summed E-state index contributed by atoms with van der Waals surface area (Å²) >= 11 is 0. The molecule has 2 heteroatoms. The van der Waals surface area contributed by atoms with E-state index in [-0.39, 0.29) is 5.41 Å². The van der Waals surface area contributed by atoms with Gasteiger partial charge in [0.25, 0.3) is 0 Å². The van der Waals surface area contributed by atoms with E-state index in [1.165, 1.54) is 65.8 Å². The molecule has 2 heterocycles. The molecule has 0 unspecified atom stereocenters. The minimum absolute atomic E-state index is 0.0457. The van der Waals surface area contributed by atoms with Crippen LogP contribution < -0.4 is 4.90 Å². The molecule has 0 saturated heterocycles. The van der Waals surface area contributed by atoms with Crippen molar-refractivity contribution in [3.8, 4) is 0 Å². The van der Waals surface area contributed by atoms with Gasteiger partial charge in [-0.25, -0.2) is 0 Å². The second kappa shape index (κ2) is 8.34. The molecule has 2 aromatic heterocycles. The minimum Gasteiger partial charge on any atom is -0.310 e. The van der Waals surface area contributed by atoms with Crippen LogP contribution >= 0.6 is 0 Å². The molecule has 40 heavy (non-hydrogen) atoms. The Labute approximate surface area is 234 Å². The van der Waals surface area contributed by atoms with Crippen LogP contribution in [0.15, 0.2) is 127 Å². The van der Waals surface area contributed by atoms with E-state index in [0.717, 1.165) is 5.69 Å². The van der Waals surface area contributed by atoms with Crippen molar-refractivity contribution >= 4 is 65.9 Å². The first kappa shape index (κ1) is 23.1. The van der Waals surface area contributed by atoms with Crippen molar-refractivity contribution in [3.63, 3.8) is 0 Å². The molecule has 0 aliphatic rings. The van der Waals surface area contributed by atoms with Gasteiger partial charge in [0.05, 0.1) is 22.2 Å². The Morgan fingerprint density at radius 2 is 1.02 bits per heavy atom. The van der Waals surface area contributed by atoms with Gasteiger partial charge in [-0.2, -0.15) is 0 Å². The highest BCUT2D eigenvalue weighted by molar-refractivity contribution is 6.24. The molecular weight excluding hydrogens is 484 g/mol. The number of rotatable bonds is 3. The third-order valence-electron chi connectivity index (χ3n) is 8.37. The Balaban J connectivity index is 1.53. The molecule has 192 valence electrons. The maximum Gasteiger partial charge on any atom is 0.0622 e. The summed E-state index contributed by atoms with van der Waals surface area (Å²) in [4.78, 5) is 2.47. The molecule has 0 amide bonds. The monoisotopic (exact) mass is 514 g/mol. The van der Waals surface area contributed by atoms with Gasteiger partial charge in [0.15, 0.2) is 0 Å². The van der Waals surface area contributed by atoms with Gasteiger partial charge in [0.2, 0.25) is 0 Å². The molecule has 0 spiro atoms. The number of hydrogen-bond acceptors (Lipinski definition) is 1. The molecule has 2 nitrogen and oxygen atoms in total. The highest BCUT2D eigenvalue weighted by atomic mass is 15.1. The van der Waals surface area contributed by atoms with Crippen molar-refractivity contribution in [2.75, 3.05) is 4.90 Å². The number of anilines is 3. The summed E-state index contributed by atoms with van der Waals surface area (Å²) in [5.41, 5.74) is 8.65. The Hall–Kier alpha value is -4.82. The molecule has 0 aliphatic heterocycles. The SMILES string of the molecule is CC(C)(C)c1cc2ccccc2cc1N(c1ccccc1)c1cc2c3ccccc3n3c4ccccc4c(c1)c23. The second-order valence-corrected chi connectivity index (χ2v) is 11.9.